The Morgan fingerprint density at radius 2 is 1.65 bits per heavy atom. The van der Waals surface area contributed by atoms with Crippen molar-refractivity contribution in [3.8, 4) is 11.1 Å². The first-order valence-corrected chi connectivity index (χ1v) is 11.6. The fourth-order valence-corrected chi connectivity index (χ4v) is 4.29. The molecule has 34 heavy (non-hydrogen) atoms. The smallest absolute Gasteiger partial charge is 0.407 e. The molecule has 2 aromatic carbocycles. The number of carboxylic acids is 1. The van der Waals surface area contributed by atoms with Gasteiger partial charge in [-0.25, -0.2) is 9.59 Å². The van der Waals surface area contributed by atoms with Crippen molar-refractivity contribution < 1.29 is 24.2 Å². The van der Waals surface area contributed by atoms with Crippen LogP contribution in [0.25, 0.3) is 11.1 Å². The monoisotopic (exact) mass is 464 g/mol. The summed E-state index contributed by atoms with van der Waals surface area (Å²) < 4.78 is 5.55. The number of ether oxygens (including phenoxy) is 1. The number of nitrogens with one attached hydrogen (secondary N) is 2. The number of alkyl carbamates (subject to hydrolysis) is 1. The molecule has 0 saturated carbocycles. The predicted octanol–water partition coefficient (Wildman–Crippen LogP) is 4.62. The van der Waals surface area contributed by atoms with E-state index in [2.05, 4.69) is 41.5 Å². The number of rotatable bonds is 12. The average Bonchev–Trinajstić information content (AvgIpc) is 3.14. The van der Waals surface area contributed by atoms with E-state index in [1.165, 1.54) is 11.1 Å². The van der Waals surface area contributed by atoms with Crippen molar-refractivity contribution >= 4 is 18.0 Å². The lowest BCUT2D eigenvalue weighted by molar-refractivity contribution is -0.142. The third kappa shape index (κ3) is 6.47. The zero-order chi connectivity index (χ0) is 24.5. The summed E-state index contributed by atoms with van der Waals surface area (Å²) in [5, 5.41) is 14.5. The standard InChI is InChI=1S/C27H32N2O5/c1-3-4-15-24(26(31)32)29-25(30)16-9-10-18(2)28-27(33)34-17-23-21-13-7-5-11-19(21)20-12-6-8-14-22(20)23/h3,5-8,11-14,18,23-24H,1,4,9-10,15-17H2,2H3,(H,28,33)(H,29,30)(H,31,32). The van der Waals surface area contributed by atoms with Crippen LogP contribution in [0.5, 0.6) is 0 Å². The second kappa shape index (κ2) is 12.0. The van der Waals surface area contributed by atoms with E-state index in [4.69, 9.17) is 4.74 Å². The highest BCUT2D eigenvalue weighted by Gasteiger charge is 2.29. The molecule has 3 N–H and O–H groups in total. The summed E-state index contributed by atoms with van der Waals surface area (Å²) >= 11 is 0. The maximum atomic E-state index is 12.4. The fourth-order valence-electron chi connectivity index (χ4n) is 4.29. The van der Waals surface area contributed by atoms with Gasteiger partial charge < -0.3 is 20.5 Å². The molecule has 1 aliphatic carbocycles. The normalized spacial score (nSPS) is 13.8. The van der Waals surface area contributed by atoms with Crippen LogP contribution in [0.4, 0.5) is 4.79 Å². The van der Waals surface area contributed by atoms with Gasteiger partial charge in [-0.1, -0.05) is 54.6 Å². The third-order valence-electron chi connectivity index (χ3n) is 6.04. The van der Waals surface area contributed by atoms with Gasteiger partial charge in [-0.3, -0.25) is 4.79 Å². The molecular weight excluding hydrogens is 432 g/mol. The Hall–Kier alpha value is -3.61. The van der Waals surface area contributed by atoms with E-state index in [1.807, 2.05) is 31.2 Å². The molecule has 2 aromatic rings. The summed E-state index contributed by atoms with van der Waals surface area (Å²) in [6, 6.07) is 15.2. The SMILES string of the molecule is C=CCCC(NC(=O)CCCC(C)NC(=O)OCC1c2ccccc2-c2ccccc21)C(=O)O. The number of carbonyl (C=O) groups is 3. The molecule has 0 bridgehead atoms. The van der Waals surface area contributed by atoms with Crippen LogP contribution in [-0.4, -0.2) is 41.8 Å². The summed E-state index contributed by atoms with van der Waals surface area (Å²) in [6.45, 7) is 5.67. The van der Waals surface area contributed by atoms with E-state index in [0.717, 1.165) is 11.1 Å². The van der Waals surface area contributed by atoms with Gasteiger partial charge in [0.2, 0.25) is 5.91 Å². The zero-order valence-electron chi connectivity index (χ0n) is 19.5. The molecule has 7 nitrogen and oxygen atoms in total. The van der Waals surface area contributed by atoms with Crippen LogP contribution >= 0.6 is 0 Å². The Kier molecular flexibility index (Phi) is 8.85. The van der Waals surface area contributed by atoms with Crippen LogP contribution < -0.4 is 10.6 Å². The van der Waals surface area contributed by atoms with Crippen molar-refractivity contribution in [1.29, 1.82) is 0 Å². The molecule has 3 rings (SSSR count). The maximum Gasteiger partial charge on any atom is 0.407 e. The van der Waals surface area contributed by atoms with Gasteiger partial charge in [0, 0.05) is 18.4 Å². The van der Waals surface area contributed by atoms with Gasteiger partial charge in [0.1, 0.15) is 12.6 Å². The third-order valence-corrected chi connectivity index (χ3v) is 6.04. The average molecular weight is 465 g/mol. The van der Waals surface area contributed by atoms with Gasteiger partial charge in [0.15, 0.2) is 0 Å². The lowest BCUT2D eigenvalue weighted by atomic mass is 9.98. The molecule has 0 heterocycles. The Balaban J connectivity index is 1.41. The van der Waals surface area contributed by atoms with Gasteiger partial charge in [0.05, 0.1) is 0 Å². The highest BCUT2D eigenvalue weighted by atomic mass is 16.5. The molecule has 7 heteroatoms. The molecule has 0 fully saturated rings. The minimum atomic E-state index is -1.06. The van der Waals surface area contributed by atoms with E-state index in [9.17, 15) is 19.5 Å². The van der Waals surface area contributed by atoms with Gasteiger partial charge in [-0.2, -0.15) is 0 Å². The van der Waals surface area contributed by atoms with E-state index < -0.39 is 18.1 Å². The Morgan fingerprint density at radius 3 is 2.24 bits per heavy atom. The number of carbonyl (C=O) groups excluding carboxylic acids is 2. The van der Waals surface area contributed by atoms with Crippen molar-refractivity contribution in [1.82, 2.24) is 10.6 Å². The zero-order valence-corrected chi connectivity index (χ0v) is 19.5. The summed E-state index contributed by atoms with van der Waals surface area (Å²) in [5.74, 6) is -1.37. The molecule has 1 aliphatic rings. The van der Waals surface area contributed by atoms with Crippen LogP contribution in [0.1, 0.15) is 56.1 Å². The molecular formula is C27H32N2O5. The van der Waals surface area contributed by atoms with Gasteiger partial charge in [0.25, 0.3) is 0 Å². The number of amides is 2. The number of hydrogen-bond acceptors (Lipinski definition) is 4. The molecule has 0 aromatic heterocycles. The molecule has 180 valence electrons. The number of carboxylic acid groups (broad SMARTS) is 1. The van der Waals surface area contributed by atoms with Gasteiger partial charge in [-0.15, -0.1) is 6.58 Å². The highest BCUT2D eigenvalue weighted by Crippen LogP contribution is 2.44. The second-order valence-corrected chi connectivity index (χ2v) is 8.59. The first-order chi connectivity index (χ1) is 16.4. The van der Waals surface area contributed by atoms with E-state index in [-0.39, 0.29) is 30.9 Å². The lowest BCUT2D eigenvalue weighted by Gasteiger charge is -2.17. The molecule has 2 unspecified atom stereocenters. The Morgan fingerprint density at radius 1 is 1.03 bits per heavy atom. The molecule has 2 atom stereocenters. The van der Waals surface area contributed by atoms with Crippen LogP contribution in [0.3, 0.4) is 0 Å². The first-order valence-electron chi connectivity index (χ1n) is 11.6. The molecule has 0 spiro atoms. The predicted molar refractivity (Wildman–Crippen MR) is 131 cm³/mol. The first kappa shape index (κ1) is 25.0. The van der Waals surface area contributed by atoms with Crippen molar-refractivity contribution in [2.24, 2.45) is 0 Å². The summed E-state index contributed by atoms with van der Waals surface area (Å²) in [7, 11) is 0. The largest absolute Gasteiger partial charge is 0.480 e. The Bertz CT molecular complexity index is 990. The fraction of sp³-hybridized carbons (Fsp3) is 0.370. The van der Waals surface area contributed by atoms with Crippen molar-refractivity contribution in [3.05, 3.63) is 72.3 Å². The summed E-state index contributed by atoms with van der Waals surface area (Å²) in [5.41, 5.74) is 4.66. The number of benzene rings is 2. The number of allylic oxidation sites excluding steroid dienone is 1. The van der Waals surface area contributed by atoms with E-state index >= 15 is 0 Å². The van der Waals surface area contributed by atoms with Crippen molar-refractivity contribution in [2.75, 3.05) is 6.61 Å². The van der Waals surface area contributed by atoms with Crippen molar-refractivity contribution in [2.45, 2.75) is 57.0 Å². The topological polar surface area (TPSA) is 105 Å². The minimum absolute atomic E-state index is 0.000391. The van der Waals surface area contributed by atoms with Crippen molar-refractivity contribution in [3.63, 3.8) is 0 Å². The van der Waals surface area contributed by atoms with Crippen LogP contribution in [0.2, 0.25) is 0 Å². The second-order valence-electron chi connectivity index (χ2n) is 8.59. The van der Waals surface area contributed by atoms with Crippen LogP contribution in [-0.2, 0) is 14.3 Å². The van der Waals surface area contributed by atoms with Gasteiger partial charge >= 0.3 is 12.1 Å². The maximum absolute atomic E-state index is 12.4. The molecule has 0 saturated heterocycles. The molecule has 2 amide bonds. The number of hydrogen-bond donors (Lipinski definition) is 3. The van der Waals surface area contributed by atoms with Gasteiger partial charge in [-0.05, 0) is 54.9 Å². The van der Waals surface area contributed by atoms with E-state index in [0.29, 0.717) is 25.7 Å². The number of aliphatic carboxylic acids is 1. The quantitative estimate of drug-likeness (QED) is 0.398. The lowest BCUT2D eigenvalue weighted by Crippen LogP contribution is -2.40. The van der Waals surface area contributed by atoms with E-state index in [1.54, 1.807) is 6.08 Å². The molecule has 0 radical (unpaired) electrons. The van der Waals surface area contributed by atoms with Crippen LogP contribution in [0, 0.1) is 0 Å². The summed E-state index contributed by atoms with van der Waals surface area (Å²) in [4.78, 5) is 35.7. The summed E-state index contributed by atoms with van der Waals surface area (Å²) in [6.07, 6.45) is 3.23. The molecule has 0 aliphatic heterocycles. The van der Waals surface area contributed by atoms with Crippen LogP contribution in [0.15, 0.2) is 61.2 Å². The highest BCUT2D eigenvalue weighted by molar-refractivity contribution is 5.83. The minimum Gasteiger partial charge on any atom is -0.480 e. The number of fused-ring (bicyclic) bond motifs is 3. The Labute approximate surface area is 200 Å².